The fourth-order valence-electron chi connectivity index (χ4n) is 4.65. The summed E-state index contributed by atoms with van der Waals surface area (Å²) in [6.07, 6.45) is 11.6. The average Bonchev–Trinajstić information content (AvgIpc) is 2.60. The highest BCUT2D eigenvalue weighted by atomic mass is 17.2. The van der Waals surface area contributed by atoms with Crippen molar-refractivity contribution in [2.45, 2.75) is 111 Å². The highest BCUT2D eigenvalue weighted by molar-refractivity contribution is 5.70. The Labute approximate surface area is 171 Å². The van der Waals surface area contributed by atoms with Gasteiger partial charge in [-0.05, 0) is 90.9 Å². The largest absolute Gasteiger partial charge is 0.481 e. The van der Waals surface area contributed by atoms with E-state index in [-0.39, 0.29) is 11.7 Å². The summed E-state index contributed by atoms with van der Waals surface area (Å²) >= 11 is 0. The van der Waals surface area contributed by atoms with Gasteiger partial charge in [0.05, 0.1) is 5.92 Å². The van der Waals surface area contributed by atoms with Crippen LogP contribution in [0.5, 0.6) is 0 Å². The number of carboxylic acid groups (broad SMARTS) is 1. The van der Waals surface area contributed by atoms with Gasteiger partial charge in [-0.1, -0.05) is 36.6 Å². The molecule has 0 saturated carbocycles. The minimum Gasteiger partial charge on any atom is -0.481 e. The molecule has 1 unspecified atom stereocenters. The summed E-state index contributed by atoms with van der Waals surface area (Å²) in [6, 6.07) is 0. The lowest BCUT2D eigenvalue weighted by Crippen LogP contribution is -2.41. The van der Waals surface area contributed by atoms with Crippen LogP contribution in [0.2, 0.25) is 0 Å². The molecule has 1 N–H and O–H groups in total. The van der Waals surface area contributed by atoms with Crippen molar-refractivity contribution in [2.75, 3.05) is 0 Å². The highest BCUT2D eigenvalue weighted by Crippen LogP contribution is 2.42. The maximum absolute atomic E-state index is 11.1. The van der Waals surface area contributed by atoms with E-state index in [1.165, 1.54) is 31.3 Å². The third kappa shape index (κ3) is 6.18. The van der Waals surface area contributed by atoms with Crippen molar-refractivity contribution in [3.8, 4) is 0 Å². The lowest BCUT2D eigenvalue weighted by atomic mass is 9.71. The van der Waals surface area contributed by atoms with Crippen molar-refractivity contribution in [1.82, 2.24) is 0 Å². The zero-order valence-electron chi connectivity index (χ0n) is 18.8. The first-order chi connectivity index (χ1) is 13.0. The summed E-state index contributed by atoms with van der Waals surface area (Å²) in [6.45, 7) is 13.1. The molecule has 160 valence electrons. The normalized spacial score (nSPS) is 29.6. The molecule has 2 aliphatic rings. The Kier molecular flexibility index (Phi) is 7.92. The predicted molar refractivity (Wildman–Crippen MR) is 113 cm³/mol. The molecule has 0 amide bonds. The van der Waals surface area contributed by atoms with E-state index < -0.39 is 11.9 Å². The van der Waals surface area contributed by atoms with Crippen molar-refractivity contribution < 1.29 is 19.7 Å². The molecule has 1 aliphatic heterocycles. The molecule has 1 fully saturated rings. The number of hydrogen-bond donors (Lipinski definition) is 1. The maximum atomic E-state index is 11.1. The van der Waals surface area contributed by atoms with Gasteiger partial charge in [0, 0.05) is 0 Å². The highest BCUT2D eigenvalue weighted by Gasteiger charge is 2.37. The molecule has 1 saturated heterocycles. The van der Waals surface area contributed by atoms with E-state index in [4.69, 9.17) is 14.9 Å². The standard InChI is InChI=1S/C24H40O4/c1-17(11-12-20-18(2)10-8-14-23(20,4)5)9-7-15-24(6)16-13-21(27-28-24)19(3)22(25)26/h9,19,21H,7-8,10-16H2,1-6H3,(H,25,26)/b17-9+/t19?,21-,24+/m0/s1. The monoisotopic (exact) mass is 392 g/mol. The van der Waals surface area contributed by atoms with Gasteiger partial charge in [0.25, 0.3) is 0 Å². The van der Waals surface area contributed by atoms with Crippen LogP contribution < -0.4 is 0 Å². The lowest BCUT2D eigenvalue weighted by molar-refractivity contribution is -0.411. The zero-order valence-corrected chi connectivity index (χ0v) is 18.8. The van der Waals surface area contributed by atoms with Gasteiger partial charge < -0.3 is 5.11 Å². The molecule has 0 bridgehead atoms. The number of carbonyl (C=O) groups is 1. The summed E-state index contributed by atoms with van der Waals surface area (Å²) in [5.41, 5.74) is 4.75. The molecular weight excluding hydrogens is 352 g/mol. The summed E-state index contributed by atoms with van der Waals surface area (Å²) in [5, 5.41) is 9.11. The molecule has 28 heavy (non-hydrogen) atoms. The number of carboxylic acids is 1. The Morgan fingerprint density at radius 1 is 1.32 bits per heavy atom. The Balaban J connectivity index is 1.79. The Morgan fingerprint density at radius 3 is 2.61 bits per heavy atom. The van der Waals surface area contributed by atoms with Crippen LogP contribution in [0.15, 0.2) is 22.8 Å². The first-order valence-electron chi connectivity index (χ1n) is 11.0. The van der Waals surface area contributed by atoms with Crippen molar-refractivity contribution in [3.05, 3.63) is 22.8 Å². The second-order valence-corrected chi connectivity index (χ2v) is 9.92. The van der Waals surface area contributed by atoms with Gasteiger partial charge in [-0.15, -0.1) is 0 Å². The van der Waals surface area contributed by atoms with E-state index in [1.54, 1.807) is 18.1 Å². The first-order valence-corrected chi connectivity index (χ1v) is 11.0. The van der Waals surface area contributed by atoms with E-state index in [0.29, 0.717) is 5.41 Å². The van der Waals surface area contributed by atoms with Crippen LogP contribution >= 0.6 is 0 Å². The van der Waals surface area contributed by atoms with Crippen LogP contribution in [0.3, 0.4) is 0 Å². The number of aliphatic carboxylic acids is 1. The molecule has 4 heteroatoms. The number of allylic oxidation sites excluding steroid dienone is 4. The van der Waals surface area contributed by atoms with E-state index >= 15 is 0 Å². The SMILES string of the molecule is CC1=C(CC/C(C)=C/CC[C@]2(C)CC[C@@H](C(C)C(=O)O)OO2)C(C)(C)CCC1. The predicted octanol–water partition coefficient (Wildman–Crippen LogP) is 6.61. The van der Waals surface area contributed by atoms with Crippen molar-refractivity contribution in [1.29, 1.82) is 0 Å². The van der Waals surface area contributed by atoms with Gasteiger partial charge >= 0.3 is 5.97 Å². The van der Waals surface area contributed by atoms with E-state index in [1.807, 2.05) is 0 Å². The molecule has 1 heterocycles. The van der Waals surface area contributed by atoms with Crippen molar-refractivity contribution in [3.63, 3.8) is 0 Å². The second-order valence-electron chi connectivity index (χ2n) is 9.92. The molecule has 1 aliphatic carbocycles. The quantitative estimate of drug-likeness (QED) is 0.373. The van der Waals surface area contributed by atoms with Gasteiger partial charge in [-0.3, -0.25) is 4.79 Å². The molecule has 4 nitrogen and oxygen atoms in total. The summed E-state index contributed by atoms with van der Waals surface area (Å²) < 4.78 is 0. The topological polar surface area (TPSA) is 55.8 Å². The van der Waals surface area contributed by atoms with Gasteiger partial charge in [0.1, 0.15) is 11.7 Å². The number of rotatable bonds is 8. The van der Waals surface area contributed by atoms with E-state index in [9.17, 15) is 4.79 Å². The van der Waals surface area contributed by atoms with Crippen LogP contribution in [-0.4, -0.2) is 22.8 Å². The molecule has 0 spiro atoms. The van der Waals surface area contributed by atoms with Gasteiger partial charge in [0.2, 0.25) is 0 Å². The third-order valence-electron chi connectivity index (χ3n) is 6.90. The molecule has 0 radical (unpaired) electrons. The maximum Gasteiger partial charge on any atom is 0.308 e. The van der Waals surface area contributed by atoms with Crippen molar-refractivity contribution in [2.24, 2.45) is 11.3 Å². The lowest BCUT2D eigenvalue weighted by Gasteiger charge is -2.37. The minimum absolute atomic E-state index is 0.323. The van der Waals surface area contributed by atoms with E-state index in [0.717, 1.165) is 32.1 Å². The fourth-order valence-corrected chi connectivity index (χ4v) is 4.65. The number of hydrogen-bond acceptors (Lipinski definition) is 3. The van der Waals surface area contributed by atoms with Crippen LogP contribution in [0.4, 0.5) is 0 Å². The summed E-state index contributed by atoms with van der Waals surface area (Å²) in [7, 11) is 0. The smallest absolute Gasteiger partial charge is 0.308 e. The molecular formula is C24H40O4. The van der Waals surface area contributed by atoms with E-state index in [2.05, 4.69) is 40.7 Å². The third-order valence-corrected chi connectivity index (χ3v) is 6.90. The molecule has 3 atom stereocenters. The summed E-state index contributed by atoms with van der Waals surface area (Å²) in [4.78, 5) is 22.2. The van der Waals surface area contributed by atoms with Crippen LogP contribution in [-0.2, 0) is 14.6 Å². The average molecular weight is 393 g/mol. The van der Waals surface area contributed by atoms with Gasteiger partial charge in [-0.25, -0.2) is 9.78 Å². The molecule has 0 aromatic heterocycles. The minimum atomic E-state index is -0.831. The van der Waals surface area contributed by atoms with Crippen LogP contribution in [0.25, 0.3) is 0 Å². The Hall–Kier alpha value is -1.13. The summed E-state index contributed by atoms with van der Waals surface area (Å²) in [5.74, 6) is -1.37. The van der Waals surface area contributed by atoms with Crippen LogP contribution in [0, 0.1) is 11.3 Å². The Morgan fingerprint density at radius 2 is 2.04 bits per heavy atom. The first kappa shape index (κ1) is 23.2. The molecule has 0 aromatic rings. The van der Waals surface area contributed by atoms with Crippen LogP contribution in [0.1, 0.15) is 99.3 Å². The fraction of sp³-hybridized carbons (Fsp3) is 0.792. The van der Waals surface area contributed by atoms with Gasteiger partial charge in [-0.2, -0.15) is 0 Å². The van der Waals surface area contributed by atoms with Crippen molar-refractivity contribution >= 4 is 5.97 Å². The molecule has 2 rings (SSSR count). The zero-order chi connectivity index (χ0) is 20.9. The Bertz CT molecular complexity index is 606. The second kappa shape index (κ2) is 9.58. The molecule has 0 aromatic carbocycles. The van der Waals surface area contributed by atoms with Gasteiger partial charge in [0.15, 0.2) is 0 Å².